The first-order chi connectivity index (χ1) is 9.52. The van der Waals surface area contributed by atoms with Crippen molar-refractivity contribution in [1.29, 1.82) is 0 Å². The summed E-state index contributed by atoms with van der Waals surface area (Å²) in [5, 5.41) is 11.6. The van der Waals surface area contributed by atoms with Gasteiger partial charge in [-0.2, -0.15) is 4.98 Å². The topological polar surface area (TPSA) is 95.9 Å². The zero-order valence-electron chi connectivity index (χ0n) is 12.0. The van der Waals surface area contributed by atoms with Crippen LogP contribution >= 0.6 is 0 Å². The average molecular weight is 279 g/mol. The zero-order valence-corrected chi connectivity index (χ0v) is 12.0. The predicted octanol–water partition coefficient (Wildman–Crippen LogP) is 1.32. The Balaban J connectivity index is 2.15. The van der Waals surface area contributed by atoms with Crippen molar-refractivity contribution in [2.45, 2.75) is 40.2 Å². The van der Waals surface area contributed by atoms with Gasteiger partial charge in [-0.05, 0) is 13.8 Å². The maximum Gasteiger partial charge on any atom is 0.360 e. The molecule has 8 heteroatoms. The number of hydrogen-bond acceptors (Lipinski definition) is 7. The van der Waals surface area contributed by atoms with Gasteiger partial charge >= 0.3 is 5.97 Å². The molecule has 0 atom stereocenters. The van der Waals surface area contributed by atoms with Crippen molar-refractivity contribution in [2.75, 3.05) is 6.61 Å². The van der Waals surface area contributed by atoms with Crippen molar-refractivity contribution in [2.24, 2.45) is 0 Å². The molecule has 0 saturated heterocycles. The van der Waals surface area contributed by atoms with Crippen LogP contribution in [0.15, 0.2) is 4.52 Å². The molecule has 20 heavy (non-hydrogen) atoms. The Morgan fingerprint density at radius 3 is 2.80 bits per heavy atom. The van der Waals surface area contributed by atoms with Crippen LogP contribution in [0.2, 0.25) is 0 Å². The molecular formula is C12H17N5O3. The van der Waals surface area contributed by atoms with E-state index >= 15 is 0 Å². The van der Waals surface area contributed by atoms with E-state index in [1.54, 1.807) is 18.5 Å². The lowest BCUT2D eigenvalue weighted by atomic mass is 10.2. The van der Waals surface area contributed by atoms with E-state index in [0.29, 0.717) is 30.6 Å². The lowest BCUT2D eigenvalue weighted by molar-refractivity contribution is 0.0518. The quantitative estimate of drug-likeness (QED) is 0.761. The number of hydrogen-bond donors (Lipinski definition) is 0. The summed E-state index contributed by atoms with van der Waals surface area (Å²) in [7, 11) is 0. The molecule has 0 aromatic carbocycles. The highest BCUT2D eigenvalue weighted by molar-refractivity contribution is 5.88. The minimum Gasteiger partial charge on any atom is -0.461 e. The molecule has 2 aromatic heterocycles. The second-order valence-corrected chi connectivity index (χ2v) is 4.61. The molecule has 0 spiro atoms. The summed E-state index contributed by atoms with van der Waals surface area (Å²) in [6, 6.07) is 0. The third-order valence-electron chi connectivity index (χ3n) is 2.72. The summed E-state index contributed by atoms with van der Waals surface area (Å²) in [4.78, 5) is 15.9. The molecule has 0 aliphatic carbocycles. The molecule has 8 nitrogen and oxygen atoms in total. The van der Waals surface area contributed by atoms with Gasteiger partial charge in [0.1, 0.15) is 6.54 Å². The Morgan fingerprint density at radius 2 is 2.20 bits per heavy atom. The van der Waals surface area contributed by atoms with E-state index < -0.39 is 5.97 Å². The Labute approximate surface area is 116 Å². The van der Waals surface area contributed by atoms with Crippen molar-refractivity contribution >= 4 is 5.97 Å². The van der Waals surface area contributed by atoms with E-state index in [4.69, 9.17) is 9.26 Å². The second kappa shape index (κ2) is 5.81. The van der Waals surface area contributed by atoms with Crippen molar-refractivity contribution in [3.63, 3.8) is 0 Å². The van der Waals surface area contributed by atoms with E-state index in [0.717, 1.165) is 0 Å². The second-order valence-electron chi connectivity index (χ2n) is 4.61. The van der Waals surface area contributed by atoms with Gasteiger partial charge in [-0.15, -0.1) is 5.10 Å². The fraction of sp³-hybridized carbons (Fsp3) is 0.583. The molecule has 2 heterocycles. The number of carbonyl (C=O) groups excluding carboxylic acids is 1. The zero-order chi connectivity index (χ0) is 14.7. The third-order valence-corrected chi connectivity index (χ3v) is 2.72. The van der Waals surface area contributed by atoms with E-state index in [1.807, 2.05) is 13.8 Å². The molecule has 0 aliphatic heterocycles. The predicted molar refractivity (Wildman–Crippen MR) is 68.2 cm³/mol. The van der Waals surface area contributed by atoms with E-state index in [2.05, 4.69) is 20.5 Å². The molecule has 0 radical (unpaired) electrons. The SMILES string of the molecule is CCOC(=O)c1nnn(Cc2noc(C(C)C)n2)c1C. The van der Waals surface area contributed by atoms with Gasteiger partial charge in [-0.25, -0.2) is 9.48 Å². The van der Waals surface area contributed by atoms with E-state index in [9.17, 15) is 4.79 Å². The van der Waals surface area contributed by atoms with Gasteiger partial charge in [0.25, 0.3) is 0 Å². The van der Waals surface area contributed by atoms with E-state index in [-0.39, 0.29) is 11.6 Å². The van der Waals surface area contributed by atoms with Gasteiger partial charge in [0.2, 0.25) is 5.89 Å². The third kappa shape index (κ3) is 2.84. The number of nitrogens with zero attached hydrogens (tertiary/aromatic N) is 5. The van der Waals surface area contributed by atoms with Crippen molar-refractivity contribution < 1.29 is 14.1 Å². The summed E-state index contributed by atoms with van der Waals surface area (Å²) < 4.78 is 11.6. The molecule has 0 amide bonds. The summed E-state index contributed by atoms with van der Waals surface area (Å²) in [5.41, 5.74) is 0.818. The van der Waals surface area contributed by atoms with Crippen molar-refractivity contribution in [1.82, 2.24) is 25.1 Å². The van der Waals surface area contributed by atoms with Gasteiger partial charge in [0, 0.05) is 5.92 Å². The monoisotopic (exact) mass is 279 g/mol. The van der Waals surface area contributed by atoms with Crippen molar-refractivity contribution in [3.8, 4) is 0 Å². The summed E-state index contributed by atoms with van der Waals surface area (Å²) in [5.74, 6) is 0.760. The first-order valence-corrected chi connectivity index (χ1v) is 6.42. The van der Waals surface area contributed by atoms with Crippen LogP contribution in [0.5, 0.6) is 0 Å². The Bertz CT molecular complexity index is 602. The number of esters is 1. The van der Waals surface area contributed by atoms with Crippen molar-refractivity contribution in [3.05, 3.63) is 23.1 Å². The fourth-order valence-electron chi connectivity index (χ4n) is 1.60. The average Bonchev–Trinajstić information content (AvgIpc) is 2.99. The molecule has 0 fully saturated rings. The van der Waals surface area contributed by atoms with Crippen LogP contribution in [0.1, 0.15) is 54.6 Å². The molecule has 2 rings (SSSR count). The molecule has 2 aromatic rings. The molecule has 0 saturated carbocycles. The standard InChI is InChI=1S/C12H17N5O3/c1-5-19-12(18)10-8(4)17(16-14-10)6-9-13-11(7(2)3)20-15-9/h7H,5-6H2,1-4H3. The number of aromatic nitrogens is 5. The lowest BCUT2D eigenvalue weighted by Gasteiger charge is -2.00. The minimum atomic E-state index is -0.479. The smallest absolute Gasteiger partial charge is 0.360 e. The Kier molecular flexibility index (Phi) is 4.11. The van der Waals surface area contributed by atoms with Crippen LogP contribution in [0.4, 0.5) is 0 Å². The first kappa shape index (κ1) is 14.2. The number of carbonyl (C=O) groups is 1. The van der Waals surface area contributed by atoms with Gasteiger partial charge in [-0.3, -0.25) is 0 Å². The normalized spacial score (nSPS) is 11.1. The van der Waals surface area contributed by atoms with Crippen LogP contribution in [0.3, 0.4) is 0 Å². The molecular weight excluding hydrogens is 262 g/mol. The van der Waals surface area contributed by atoms with Crippen LogP contribution in [-0.4, -0.2) is 37.7 Å². The summed E-state index contributed by atoms with van der Waals surface area (Å²) in [6.45, 7) is 8.02. The summed E-state index contributed by atoms with van der Waals surface area (Å²) in [6.07, 6.45) is 0. The number of rotatable bonds is 5. The lowest BCUT2D eigenvalue weighted by Crippen LogP contribution is -2.09. The number of ether oxygens (including phenoxy) is 1. The van der Waals surface area contributed by atoms with Gasteiger partial charge in [0.05, 0.1) is 12.3 Å². The van der Waals surface area contributed by atoms with Gasteiger partial charge < -0.3 is 9.26 Å². The first-order valence-electron chi connectivity index (χ1n) is 6.42. The molecule has 0 N–H and O–H groups in total. The van der Waals surface area contributed by atoms with Crippen LogP contribution < -0.4 is 0 Å². The maximum absolute atomic E-state index is 11.6. The van der Waals surface area contributed by atoms with Crippen LogP contribution in [0, 0.1) is 6.92 Å². The van der Waals surface area contributed by atoms with Crippen LogP contribution in [-0.2, 0) is 11.3 Å². The molecule has 0 bridgehead atoms. The highest BCUT2D eigenvalue weighted by atomic mass is 16.5. The van der Waals surface area contributed by atoms with Gasteiger partial charge in [0.15, 0.2) is 11.5 Å². The molecule has 108 valence electrons. The van der Waals surface area contributed by atoms with Crippen LogP contribution in [0.25, 0.3) is 0 Å². The maximum atomic E-state index is 11.6. The largest absolute Gasteiger partial charge is 0.461 e. The molecule has 0 unspecified atom stereocenters. The van der Waals surface area contributed by atoms with E-state index in [1.165, 1.54) is 0 Å². The Hall–Kier alpha value is -2.25. The fourth-order valence-corrected chi connectivity index (χ4v) is 1.60. The minimum absolute atomic E-state index is 0.170. The Morgan fingerprint density at radius 1 is 1.45 bits per heavy atom. The van der Waals surface area contributed by atoms with Gasteiger partial charge in [-0.1, -0.05) is 24.2 Å². The highest BCUT2D eigenvalue weighted by Gasteiger charge is 2.19. The molecule has 0 aliphatic rings. The summed E-state index contributed by atoms with van der Waals surface area (Å²) >= 11 is 0. The highest BCUT2D eigenvalue weighted by Crippen LogP contribution is 2.12.